The van der Waals surface area contributed by atoms with Gasteiger partial charge in [-0.25, -0.2) is 0 Å². The van der Waals surface area contributed by atoms with Gasteiger partial charge in [0.15, 0.2) is 0 Å². The Labute approximate surface area is 183 Å². The van der Waals surface area contributed by atoms with Crippen LogP contribution in [0.3, 0.4) is 0 Å². The molecule has 0 saturated carbocycles. The third-order valence-corrected chi connectivity index (χ3v) is 17.0. The van der Waals surface area contributed by atoms with Crippen LogP contribution in [0.5, 0.6) is 0 Å². The summed E-state index contributed by atoms with van der Waals surface area (Å²) < 4.78 is 47.2. The van der Waals surface area contributed by atoms with Gasteiger partial charge in [-0.1, -0.05) is 63.5 Å². The molecule has 0 heterocycles. The number of rotatable bonds is 10. The Kier molecular flexibility index (Phi) is 9.49. The Morgan fingerprint density at radius 3 is 1.03 bits per heavy atom. The molecule has 0 aliphatic heterocycles. The van der Waals surface area contributed by atoms with E-state index in [0.717, 1.165) is 21.0 Å². The summed E-state index contributed by atoms with van der Waals surface area (Å²) in [6.45, 7) is 12.6. The van der Waals surface area contributed by atoms with Gasteiger partial charge < -0.3 is 18.1 Å². The van der Waals surface area contributed by atoms with Crippen LogP contribution in [0.2, 0.25) is 39.3 Å². The average Bonchev–Trinajstić information content (AvgIpc) is 2.68. The first-order valence-electron chi connectivity index (χ1n) is 9.65. The standard InChI is InChI=1S/C20H36O6P2Si2/c1-23-27(21,24-2)19(29(5,6)7)15-17-11-13-18(14-12-17)16-20(30(8,9)10)28(22,25-3)26-4/h11-16H,1-10H3/b19-15-,20-16-. The van der Waals surface area contributed by atoms with Crippen molar-refractivity contribution in [1.82, 2.24) is 0 Å². The van der Waals surface area contributed by atoms with Gasteiger partial charge in [-0.2, -0.15) is 0 Å². The van der Waals surface area contributed by atoms with Gasteiger partial charge in [-0.15, -0.1) is 0 Å². The molecule has 0 saturated heterocycles. The van der Waals surface area contributed by atoms with Gasteiger partial charge in [-0.05, 0) is 23.3 Å². The fourth-order valence-corrected chi connectivity index (χ4v) is 13.5. The van der Waals surface area contributed by atoms with Crippen molar-refractivity contribution in [2.75, 3.05) is 28.4 Å². The fourth-order valence-electron chi connectivity index (χ4n) is 2.96. The Hall–Kier alpha value is -0.566. The van der Waals surface area contributed by atoms with Gasteiger partial charge in [0.2, 0.25) is 0 Å². The molecule has 0 spiro atoms. The fraction of sp³-hybridized carbons (Fsp3) is 0.500. The summed E-state index contributed by atoms with van der Waals surface area (Å²) in [6.07, 6.45) is 3.81. The van der Waals surface area contributed by atoms with Crippen molar-refractivity contribution in [1.29, 1.82) is 0 Å². The van der Waals surface area contributed by atoms with E-state index in [1.165, 1.54) is 28.4 Å². The van der Waals surface area contributed by atoms with Crippen LogP contribution in [-0.4, -0.2) is 44.6 Å². The lowest BCUT2D eigenvalue weighted by Gasteiger charge is -2.27. The molecular weight excluding hydrogens is 454 g/mol. The van der Waals surface area contributed by atoms with Crippen LogP contribution < -0.4 is 0 Å². The molecule has 1 aromatic carbocycles. The van der Waals surface area contributed by atoms with Gasteiger partial charge >= 0.3 is 15.2 Å². The van der Waals surface area contributed by atoms with Crippen LogP contribution in [-0.2, 0) is 27.2 Å². The lowest BCUT2D eigenvalue weighted by Crippen LogP contribution is -2.25. The topological polar surface area (TPSA) is 71.1 Å². The van der Waals surface area contributed by atoms with E-state index in [-0.39, 0.29) is 0 Å². The first-order chi connectivity index (χ1) is 13.7. The summed E-state index contributed by atoms with van der Waals surface area (Å²) in [5, 5.41) is 0. The first-order valence-corrected chi connectivity index (χ1v) is 19.7. The maximum Gasteiger partial charge on any atom is 0.352 e. The lowest BCUT2D eigenvalue weighted by molar-refractivity contribution is 0.284. The van der Waals surface area contributed by atoms with Crippen LogP contribution in [0, 0.1) is 0 Å². The smallest absolute Gasteiger partial charge is 0.309 e. The van der Waals surface area contributed by atoms with Crippen molar-refractivity contribution in [3.8, 4) is 0 Å². The zero-order chi connectivity index (χ0) is 23.4. The highest BCUT2D eigenvalue weighted by atomic mass is 31.2. The summed E-state index contributed by atoms with van der Waals surface area (Å²) in [6, 6.07) is 7.75. The zero-order valence-electron chi connectivity index (χ0n) is 19.8. The molecule has 0 radical (unpaired) electrons. The maximum atomic E-state index is 13.1. The molecule has 0 aromatic heterocycles. The quantitative estimate of drug-likeness (QED) is 0.257. The molecule has 1 rings (SSSR count). The van der Waals surface area contributed by atoms with E-state index in [1.807, 2.05) is 36.4 Å². The monoisotopic (exact) mass is 490 g/mol. The van der Waals surface area contributed by atoms with Crippen molar-refractivity contribution in [3.63, 3.8) is 0 Å². The van der Waals surface area contributed by atoms with Gasteiger partial charge in [-0.3, -0.25) is 9.13 Å². The minimum Gasteiger partial charge on any atom is -0.309 e. The minimum absolute atomic E-state index is 0.731. The molecule has 0 atom stereocenters. The Morgan fingerprint density at radius 1 is 0.633 bits per heavy atom. The molecule has 170 valence electrons. The first kappa shape index (κ1) is 27.5. The van der Waals surface area contributed by atoms with E-state index in [2.05, 4.69) is 39.3 Å². The maximum absolute atomic E-state index is 13.1. The van der Waals surface area contributed by atoms with Crippen LogP contribution in [0.15, 0.2) is 34.1 Å². The van der Waals surface area contributed by atoms with Gasteiger partial charge in [0.05, 0.1) is 16.1 Å². The molecule has 0 aliphatic rings. The summed E-state index contributed by atoms with van der Waals surface area (Å²) >= 11 is 0. The van der Waals surface area contributed by atoms with Crippen LogP contribution in [0.1, 0.15) is 11.1 Å². The number of benzene rings is 1. The summed E-state index contributed by atoms with van der Waals surface area (Å²) in [4.78, 5) is 1.46. The summed E-state index contributed by atoms with van der Waals surface area (Å²) in [5.41, 5.74) is 1.80. The molecule has 0 bridgehead atoms. The lowest BCUT2D eigenvalue weighted by atomic mass is 10.1. The third-order valence-electron chi connectivity index (χ3n) is 4.63. The largest absolute Gasteiger partial charge is 0.352 e. The zero-order valence-corrected chi connectivity index (χ0v) is 23.6. The predicted octanol–water partition coefficient (Wildman–Crippen LogP) is 7.10. The molecular formula is C20H36O6P2Si2. The summed E-state index contributed by atoms with van der Waals surface area (Å²) in [5.74, 6) is 0. The van der Waals surface area contributed by atoms with Gasteiger partial charge in [0, 0.05) is 38.3 Å². The van der Waals surface area contributed by atoms with Gasteiger partial charge in [0.25, 0.3) is 0 Å². The molecule has 0 amide bonds. The van der Waals surface area contributed by atoms with E-state index in [1.54, 1.807) is 0 Å². The highest BCUT2D eigenvalue weighted by Gasteiger charge is 2.38. The van der Waals surface area contributed by atoms with E-state index in [0.29, 0.717) is 0 Å². The number of hydrogen-bond donors (Lipinski definition) is 0. The van der Waals surface area contributed by atoms with Crippen molar-refractivity contribution in [2.45, 2.75) is 39.3 Å². The Balaban J connectivity index is 3.48. The van der Waals surface area contributed by atoms with Crippen molar-refractivity contribution in [3.05, 3.63) is 45.3 Å². The molecule has 0 unspecified atom stereocenters. The van der Waals surface area contributed by atoms with Crippen molar-refractivity contribution in [2.24, 2.45) is 0 Å². The van der Waals surface area contributed by atoms with Crippen LogP contribution >= 0.6 is 15.2 Å². The normalized spacial score (nSPS) is 14.9. The molecule has 10 heteroatoms. The van der Waals surface area contributed by atoms with Crippen LogP contribution in [0.4, 0.5) is 0 Å². The molecule has 0 fully saturated rings. The molecule has 6 nitrogen and oxygen atoms in total. The van der Waals surface area contributed by atoms with E-state index < -0.39 is 31.3 Å². The predicted molar refractivity (Wildman–Crippen MR) is 132 cm³/mol. The SMILES string of the molecule is COP(=O)(OC)/C(=C/c1ccc(/C=C(\[Si](C)(C)C)P(=O)(OC)OC)cc1)[Si](C)(C)C. The van der Waals surface area contributed by atoms with E-state index in [4.69, 9.17) is 18.1 Å². The van der Waals surface area contributed by atoms with E-state index in [9.17, 15) is 9.13 Å². The molecule has 0 N–H and O–H groups in total. The highest BCUT2D eigenvalue weighted by Crippen LogP contribution is 2.59. The highest BCUT2D eigenvalue weighted by molar-refractivity contribution is 7.63. The van der Waals surface area contributed by atoms with E-state index >= 15 is 0 Å². The molecule has 1 aromatic rings. The number of hydrogen-bond acceptors (Lipinski definition) is 6. The summed E-state index contributed by atoms with van der Waals surface area (Å²) in [7, 11) is -4.94. The van der Waals surface area contributed by atoms with Crippen molar-refractivity contribution < 1.29 is 27.2 Å². The van der Waals surface area contributed by atoms with Gasteiger partial charge in [0.1, 0.15) is 0 Å². The molecule has 0 aliphatic carbocycles. The second kappa shape index (κ2) is 10.4. The average molecular weight is 491 g/mol. The Bertz CT molecular complexity index is 791. The molecule has 30 heavy (non-hydrogen) atoms. The van der Waals surface area contributed by atoms with Crippen LogP contribution in [0.25, 0.3) is 12.2 Å². The second-order valence-electron chi connectivity index (χ2n) is 8.95. The second-order valence-corrected chi connectivity index (χ2v) is 24.3. The Morgan fingerprint density at radius 2 is 0.867 bits per heavy atom. The minimum atomic E-state index is -3.32. The third kappa shape index (κ3) is 6.71. The van der Waals surface area contributed by atoms with Crippen molar-refractivity contribution >= 4 is 43.5 Å².